The normalized spacial score (nSPS) is 22.1. The molecule has 3 unspecified atom stereocenters. The number of urea groups is 1. The van der Waals surface area contributed by atoms with Gasteiger partial charge in [-0.2, -0.15) is 0 Å². The summed E-state index contributed by atoms with van der Waals surface area (Å²) in [6.45, 7) is 5.45. The van der Waals surface area contributed by atoms with Gasteiger partial charge >= 0.3 is 6.03 Å². The third-order valence-electron chi connectivity index (χ3n) is 4.14. The SMILES string of the molecule is CCC(C)C(NC(N)=O)C(=O)N1CCCC(CCO)C1. The summed E-state index contributed by atoms with van der Waals surface area (Å²) in [7, 11) is 0. The second-order valence-electron chi connectivity index (χ2n) is 5.68. The van der Waals surface area contributed by atoms with Gasteiger partial charge in [-0.05, 0) is 31.1 Å². The van der Waals surface area contributed by atoms with E-state index >= 15 is 0 Å². The second-order valence-corrected chi connectivity index (χ2v) is 5.68. The number of nitrogens with two attached hydrogens (primary N) is 1. The van der Waals surface area contributed by atoms with Crippen molar-refractivity contribution in [1.29, 1.82) is 0 Å². The molecular weight excluding hydrogens is 258 g/mol. The molecule has 1 aliphatic rings. The maximum Gasteiger partial charge on any atom is 0.312 e. The van der Waals surface area contributed by atoms with Gasteiger partial charge in [-0.15, -0.1) is 0 Å². The van der Waals surface area contributed by atoms with E-state index in [9.17, 15) is 9.59 Å². The highest BCUT2D eigenvalue weighted by Crippen LogP contribution is 2.21. The fourth-order valence-corrected chi connectivity index (χ4v) is 2.72. The van der Waals surface area contributed by atoms with Crippen molar-refractivity contribution in [2.75, 3.05) is 19.7 Å². The van der Waals surface area contributed by atoms with E-state index in [0.717, 1.165) is 25.7 Å². The Morgan fingerprint density at radius 1 is 1.50 bits per heavy atom. The second kappa shape index (κ2) is 8.09. The number of hydrogen-bond donors (Lipinski definition) is 3. The fraction of sp³-hybridized carbons (Fsp3) is 0.857. The maximum atomic E-state index is 12.6. The Bertz CT molecular complexity index is 334. The van der Waals surface area contributed by atoms with Crippen LogP contribution in [0.1, 0.15) is 39.5 Å². The monoisotopic (exact) mass is 285 g/mol. The minimum atomic E-state index is -0.660. The first-order valence-corrected chi connectivity index (χ1v) is 7.45. The summed E-state index contributed by atoms with van der Waals surface area (Å²) >= 11 is 0. The van der Waals surface area contributed by atoms with Crippen molar-refractivity contribution in [1.82, 2.24) is 10.2 Å². The Morgan fingerprint density at radius 3 is 2.75 bits per heavy atom. The van der Waals surface area contributed by atoms with Crippen molar-refractivity contribution in [3.05, 3.63) is 0 Å². The molecule has 0 radical (unpaired) electrons. The molecule has 1 saturated heterocycles. The van der Waals surface area contributed by atoms with Crippen LogP contribution in [0.25, 0.3) is 0 Å². The lowest BCUT2D eigenvalue weighted by atomic mass is 9.92. The number of nitrogens with one attached hydrogen (secondary N) is 1. The van der Waals surface area contributed by atoms with Gasteiger partial charge in [0.2, 0.25) is 5.91 Å². The quantitative estimate of drug-likeness (QED) is 0.670. The zero-order valence-corrected chi connectivity index (χ0v) is 12.5. The average Bonchev–Trinajstić information content (AvgIpc) is 2.43. The van der Waals surface area contributed by atoms with E-state index in [-0.39, 0.29) is 18.4 Å². The van der Waals surface area contributed by atoms with Gasteiger partial charge in [0, 0.05) is 19.7 Å². The number of rotatable bonds is 6. The number of aliphatic hydroxyl groups is 1. The Kier molecular flexibility index (Phi) is 6.78. The van der Waals surface area contributed by atoms with E-state index in [0.29, 0.717) is 19.0 Å². The number of carbonyl (C=O) groups is 2. The lowest BCUT2D eigenvalue weighted by molar-refractivity contribution is -0.136. The number of piperidine rings is 1. The van der Waals surface area contributed by atoms with Crippen LogP contribution in [-0.2, 0) is 4.79 Å². The van der Waals surface area contributed by atoms with Gasteiger partial charge in [0.05, 0.1) is 0 Å². The smallest absolute Gasteiger partial charge is 0.312 e. The molecule has 3 amide bonds. The van der Waals surface area contributed by atoms with E-state index in [1.54, 1.807) is 4.90 Å². The number of aliphatic hydroxyl groups excluding tert-OH is 1. The summed E-state index contributed by atoms with van der Waals surface area (Å²) < 4.78 is 0. The Morgan fingerprint density at radius 2 is 2.20 bits per heavy atom. The third-order valence-corrected chi connectivity index (χ3v) is 4.14. The summed E-state index contributed by atoms with van der Waals surface area (Å²) in [4.78, 5) is 25.5. The first-order chi connectivity index (χ1) is 9.49. The van der Waals surface area contributed by atoms with Crippen LogP contribution in [0, 0.1) is 11.8 Å². The van der Waals surface area contributed by atoms with Crippen LogP contribution in [0.4, 0.5) is 4.79 Å². The van der Waals surface area contributed by atoms with Gasteiger partial charge in [0.25, 0.3) is 0 Å². The number of carbonyl (C=O) groups excluding carboxylic acids is 2. The minimum absolute atomic E-state index is 0.0493. The van der Waals surface area contributed by atoms with Crippen molar-refractivity contribution in [2.24, 2.45) is 17.6 Å². The van der Waals surface area contributed by atoms with Crippen LogP contribution in [0.2, 0.25) is 0 Å². The molecule has 4 N–H and O–H groups in total. The molecule has 3 atom stereocenters. The molecular formula is C14H27N3O3. The van der Waals surface area contributed by atoms with Gasteiger partial charge in [-0.1, -0.05) is 20.3 Å². The van der Waals surface area contributed by atoms with Crippen molar-refractivity contribution in [3.63, 3.8) is 0 Å². The Labute approximate surface area is 120 Å². The van der Waals surface area contributed by atoms with Gasteiger partial charge in [0.1, 0.15) is 6.04 Å². The summed E-state index contributed by atoms with van der Waals surface area (Å²) in [5, 5.41) is 11.6. The van der Waals surface area contributed by atoms with E-state index in [1.807, 2.05) is 13.8 Å². The number of hydrogen-bond acceptors (Lipinski definition) is 3. The molecule has 6 heteroatoms. The molecule has 0 aromatic carbocycles. The number of likely N-dealkylation sites (tertiary alicyclic amines) is 1. The molecule has 1 rings (SSSR count). The average molecular weight is 285 g/mol. The van der Waals surface area contributed by atoms with Gasteiger partial charge in [-0.25, -0.2) is 4.79 Å². The van der Waals surface area contributed by atoms with Crippen LogP contribution in [0.3, 0.4) is 0 Å². The molecule has 6 nitrogen and oxygen atoms in total. The van der Waals surface area contributed by atoms with Crippen molar-refractivity contribution in [2.45, 2.75) is 45.6 Å². The summed E-state index contributed by atoms with van der Waals surface area (Å²) in [6.07, 6.45) is 3.51. The van der Waals surface area contributed by atoms with Crippen molar-refractivity contribution < 1.29 is 14.7 Å². The lowest BCUT2D eigenvalue weighted by Crippen LogP contribution is -2.54. The third kappa shape index (κ3) is 4.67. The Balaban J connectivity index is 2.70. The molecule has 1 aliphatic heterocycles. The Hall–Kier alpha value is -1.30. The first kappa shape index (κ1) is 16.8. The molecule has 1 heterocycles. The van der Waals surface area contributed by atoms with E-state index in [4.69, 9.17) is 10.8 Å². The molecule has 0 spiro atoms. The summed E-state index contributed by atoms with van der Waals surface area (Å²) in [5.74, 6) is 0.345. The summed E-state index contributed by atoms with van der Waals surface area (Å²) in [5.41, 5.74) is 5.17. The van der Waals surface area contributed by atoms with Gasteiger partial charge in [-0.3, -0.25) is 4.79 Å². The van der Waals surface area contributed by atoms with Gasteiger partial charge in [0.15, 0.2) is 0 Å². The van der Waals surface area contributed by atoms with E-state index in [2.05, 4.69) is 5.32 Å². The minimum Gasteiger partial charge on any atom is -0.396 e. The first-order valence-electron chi connectivity index (χ1n) is 7.45. The highest BCUT2D eigenvalue weighted by molar-refractivity contribution is 5.86. The zero-order chi connectivity index (χ0) is 15.1. The van der Waals surface area contributed by atoms with Gasteiger partial charge < -0.3 is 21.1 Å². The summed E-state index contributed by atoms with van der Waals surface area (Å²) in [6, 6.07) is -1.21. The van der Waals surface area contributed by atoms with Crippen LogP contribution in [0.15, 0.2) is 0 Å². The topological polar surface area (TPSA) is 95.7 Å². The zero-order valence-electron chi connectivity index (χ0n) is 12.5. The molecule has 0 aliphatic carbocycles. The van der Waals surface area contributed by atoms with Crippen molar-refractivity contribution in [3.8, 4) is 0 Å². The molecule has 0 bridgehead atoms. The molecule has 0 aromatic heterocycles. The van der Waals surface area contributed by atoms with E-state index in [1.165, 1.54) is 0 Å². The molecule has 1 fully saturated rings. The predicted octanol–water partition coefficient (Wildman–Crippen LogP) is 0.690. The lowest BCUT2D eigenvalue weighted by Gasteiger charge is -2.36. The number of nitrogens with zero attached hydrogens (tertiary/aromatic N) is 1. The number of amides is 3. The fourth-order valence-electron chi connectivity index (χ4n) is 2.72. The predicted molar refractivity (Wildman–Crippen MR) is 77.0 cm³/mol. The maximum absolute atomic E-state index is 12.6. The molecule has 116 valence electrons. The molecule has 0 saturated carbocycles. The standard InChI is InChI=1S/C14H27N3O3/c1-3-10(2)12(16-14(15)20)13(19)17-7-4-5-11(9-17)6-8-18/h10-12,18H,3-9H2,1-2H3,(H3,15,16,20). The molecule has 20 heavy (non-hydrogen) atoms. The highest BCUT2D eigenvalue weighted by Gasteiger charge is 2.32. The number of primary amides is 1. The van der Waals surface area contributed by atoms with E-state index < -0.39 is 12.1 Å². The van der Waals surface area contributed by atoms with Crippen molar-refractivity contribution >= 4 is 11.9 Å². The largest absolute Gasteiger partial charge is 0.396 e. The van der Waals surface area contributed by atoms with Crippen LogP contribution in [0.5, 0.6) is 0 Å². The van der Waals surface area contributed by atoms with Crippen LogP contribution >= 0.6 is 0 Å². The van der Waals surface area contributed by atoms with Crippen LogP contribution < -0.4 is 11.1 Å². The van der Waals surface area contributed by atoms with Crippen LogP contribution in [-0.4, -0.2) is 47.7 Å². The highest BCUT2D eigenvalue weighted by atomic mass is 16.3. The molecule has 0 aromatic rings.